The average Bonchev–Trinajstić information content (AvgIpc) is 2.27. The second-order valence-corrected chi connectivity index (χ2v) is 5.70. The molecule has 0 spiro atoms. The fraction of sp³-hybridized carbons (Fsp3) is 0.500. The summed E-state index contributed by atoms with van der Waals surface area (Å²) in [7, 11) is -3.21. The maximum absolute atomic E-state index is 11.7. The van der Waals surface area contributed by atoms with Crippen LogP contribution < -0.4 is 10.0 Å². The molecule has 0 aromatic heterocycles. The Bertz CT molecular complexity index is 444. The smallest absolute Gasteiger partial charge is 0.232 e. The standard InChI is InChI=1S/C12H20N2O2S/c1-3-9-17(15,16)14-12-8-6-5-7-11(12)10-13-4-2/h5-8,13-14H,3-4,9-10H2,1-2H3. The maximum Gasteiger partial charge on any atom is 0.232 e. The van der Waals surface area contributed by atoms with Gasteiger partial charge in [0.2, 0.25) is 10.0 Å². The molecule has 0 amide bonds. The minimum atomic E-state index is -3.21. The number of anilines is 1. The van der Waals surface area contributed by atoms with Crippen LogP contribution in [0.25, 0.3) is 0 Å². The highest BCUT2D eigenvalue weighted by Gasteiger charge is 2.10. The number of sulfonamides is 1. The first-order chi connectivity index (χ1) is 8.09. The lowest BCUT2D eigenvalue weighted by Crippen LogP contribution is -2.19. The summed E-state index contributed by atoms with van der Waals surface area (Å²) in [6.45, 7) is 5.39. The first kappa shape index (κ1) is 14.0. The Morgan fingerprint density at radius 2 is 1.88 bits per heavy atom. The largest absolute Gasteiger partial charge is 0.313 e. The average molecular weight is 256 g/mol. The zero-order chi connectivity index (χ0) is 12.7. The molecule has 0 aliphatic carbocycles. The monoisotopic (exact) mass is 256 g/mol. The van der Waals surface area contributed by atoms with Crippen molar-refractivity contribution in [2.75, 3.05) is 17.0 Å². The third-order valence-corrected chi connectivity index (χ3v) is 3.80. The zero-order valence-electron chi connectivity index (χ0n) is 10.4. The normalized spacial score (nSPS) is 11.4. The van der Waals surface area contributed by atoms with E-state index in [2.05, 4.69) is 10.0 Å². The van der Waals surface area contributed by atoms with Crippen LogP contribution in [0.2, 0.25) is 0 Å². The van der Waals surface area contributed by atoms with Crippen LogP contribution in [0, 0.1) is 0 Å². The van der Waals surface area contributed by atoms with Crippen LogP contribution in [0.1, 0.15) is 25.8 Å². The van der Waals surface area contributed by atoms with E-state index in [9.17, 15) is 8.42 Å². The van der Waals surface area contributed by atoms with Crippen molar-refractivity contribution >= 4 is 15.7 Å². The lowest BCUT2D eigenvalue weighted by atomic mass is 10.2. The van der Waals surface area contributed by atoms with Crippen LogP contribution in [-0.2, 0) is 16.6 Å². The highest BCUT2D eigenvalue weighted by molar-refractivity contribution is 7.92. The Kier molecular flexibility index (Phi) is 5.44. The minimum absolute atomic E-state index is 0.155. The van der Waals surface area contributed by atoms with E-state index in [1.54, 1.807) is 6.07 Å². The molecular formula is C12H20N2O2S. The van der Waals surface area contributed by atoms with Crippen LogP contribution in [0.3, 0.4) is 0 Å². The lowest BCUT2D eigenvalue weighted by Gasteiger charge is -2.12. The molecule has 1 aromatic rings. The molecule has 96 valence electrons. The Morgan fingerprint density at radius 1 is 1.18 bits per heavy atom. The van der Waals surface area contributed by atoms with Gasteiger partial charge < -0.3 is 5.32 Å². The van der Waals surface area contributed by atoms with Crippen molar-refractivity contribution in [3.05, 3.63) is 29.8 Å². The predicted molar refractivity (Wildman–Crippen MR) is 71.5 cm³/mol. The summed E-state index contributed by atoms with van der Waals surface area (Å²) in [5.74, 6) is 0.155. The molecule has 0 unspecified atom stereocenters. The van der Waals surface area contributed by atoms with E-state index in [1.807, 2.05) is 32.0 Å². The molecule has 0 aliphatic heterocycles. The van der Waals surface area contributed by atoms with Crippen LogP contribution in [-0.4, -0.2) is 20.7 Å². The SMILES string of the molecule is CCCS(=O)(=O)Nc1ccccc1CNCC. The quantitative estimate of drug-likeness (QED) is 0.784. The topological polar surface area (TPSA) is 58.2 Å². The van der Waals surface area contributed by atoms with Gasteiger partial charge in [-0.3, -0.25) is 4.72 Å². The second kappa shape index (κ2) is 6.61. The molecule has 2 N–H and O–H groups in total. The van der Waals surface area contributed by atoms with E-state index in [-0.39, 0.29) is 5.75 Å². The van der Waals surface area contributed by atoms with Gasteiger partial charge in [0.1, 0.15) is 0 Å². The van der Waals surface area contributed by atoms with Gasteiger partial charge >= 0.3 is 0 Å². The Morgan fingerprint density at radius 3 is 2.53 bits per heavy atom. The second-order valence-electron chi connectivity index (χ2n) is 3.86. The fourth-order valence-corrected chi connectivity index (χ4v) is 2.69. The summed E-state index contributed by atoms with van der Waals surface area (Å²) in [6.07, 6.45) is 0.616. The van der Waals surface area contributed by atoms with E-state index >= 15 is 0 Å². The van der Waals surface area contributed by atoms with Crippen molar-refractivity contribution in [1.82, 2.24) is 5.32 Å². The summed E-state index contributed by atoms with van der Waals surface area (Å²) >= 11 is 0. The summed E-state index contributed by atoms with van der Waals surface area (Å²) < 4.78 is 26.0. The van der Waals surface area contributed by atoms with Crippen LogP contribution in [0.15, 0.2) is 24.3 Å². The van der Waals surface area contributed by atoms with Gasteiger partial charge in [-0.2, -0.15) is 0 Å². The molecule has 0 saturated heterocycles. The highest BCUT2D eigenvalue weighted by atomic mass is 32.2. The van der Waals surface area contributed by atoms with Gasteiger partial charge in [-0.15, -0.1) is 0 Å². The molecular weight excluding hydrogens is 236 g/mol. The summed E-state index contributed by atoms with van der Waals surface area (Å²) in [6, 6.07) is 7.45. The molecule has 0 bridgehead atoms. The van der Waals surface area contributed by atoms with Gasteiger partial charge in [-0.1, -0.05) is 32.0 Å². The van der Waals surface area contributed by atoms with Crippen molar-refractivity contribution < 1.29 is 8.42 Å². The lowest BCUT2D eigenvalue weighted by molar-refractivity contribution is 0.599. The van der Waals surface area contributed by atoms with Crippen molar-refractivity contribution in [3.63, 3.8) is 0 Å². The van der Waals surface area contributed by atoms with Gasteiger partial charge in [0.15, 0.2) is 0 Å². The van der Waals surface area contributed by atoms with Gasteiger partial charge in [0.05, 0.1) is 11.4 Å². The number of hydrogen-bond acceptors (Lipinski definition) is 3. The van der Waals surface area contributed by atoms with Gasteiger partial charge in [-0.05, 0) is 24.6 Å². The maximum atomic E-state index is 11.7. The summed E-state index contributed by atoms with van der Waals surface area (Å²) in [5.41, 5.74) is 1.64. The molecule has 4 nitrogen and oxygen atoms in total. The van der Waals surface area contributed by atoms with Crippen molar-refractivity contribution in [1.29, 1.82) is 0 Å². The molecule has 5 heteroatoms. The van der Waals surface area contributed by atoms with Crippen LogP contribution in [0.4, 0.5) is 5.69 Å². The van der Waals surface area contributed by atoms with Crippen LogP contribution >= 0.6 is 0 Å². The molecule has 0 saturated carbocycles. The Labute approximate surface area is 103 Å². The number of benzene rings is 1. The van der Waals surface area contributed by atoms with E-state index in [4.69, 9.17) is 0 Å². The fourth-order valence-electron chi connectivity index (χ4n) is 1.52. The van der Waals surface area contributed by atoms with Crippen molar-refractivity contribution in [3.8, 4) is 0 Å². The number of para-hydroxylation sites is 1. The molecule has 0 heterocycles. The van der Waals surface area contributed by atoms with Crippen molar-refractivity contribution in [2.24, 2.45) is 0 Å². The van der Waals surface area contributed by atoms with Gasteiger partial charge in [0, 0.05) is 6.54 Å². The predicted octanol–water partition coefficient (Wildman–Crippen LogP) is 1.95. The molecule has 0 fully saturated rings. The molecule has 0 radical (unpaired) electrons. The molecule has 1 aromatic carbocycles. The van der Waals surface area contributed by atoms with E-state index in [1.165, 1.54) is 0 Å². The highest BCUT2D eigenvalue weighted by Crippen LogP contribution is 2.16. The Hall–Kier alpha value is -1.07. The van der Waals surface area contributed by atoms with Gasteiger partial charge in [-0.25, -0.2) is 8.42 Å². The number of rotatable bonds is 7. The van der Waals surface area contributed by atoms with Crippen LogP contribution in [0.5, 0.6) is 0 Å². The van der Waals surface area contributed by atoms with E-state index in [0.29, 0.717) is 18.7 Å². The van der Waals surface area contributed by atoms with E-state index < -0.39 is 10.0 Å². The van der Waals surface area contributed by atoms with Gasteiger partial charge in [0.25, 0.3) is 0 Å². The summed E-state index contributed by atoms with van der Waals surface area (Å²) in [4.78, 5) is 0. The third kappa shape index (κ3) is 4.75. The summed E-state index contributed by atoms with van der Waals surface area (Å²) in [5, 5.41) is 3.19. The van der Waals surface area contributed by atoms with Crippen molar-refractivity contribution in [2.45, 2.75) is 26.8 Å². The van der Waals surface area contributed by atoms with E-state index in [0.717, 1.165) is 12.1 Å². The molecule has 17 heavy (non-hydrogen) atoms. The first-order valence-corrected chi connectivity index (χ1v) is 7.53. The Balaban J connectivity index is 2.83. The zero-order valence-corrected chi connectivity index (χ0v) is 11.2. The first-order valence-electron chi connectivity index (χ1n) is 5.88. The minimum Gasteiger partial charge on any atom is -0.313 e. The molecule has 1 rings (SSSR count). The molecule has 0 atom stereocenters. The number of nitrogens with one attached hydrogen (secondary N) is 2. The molecule has 0 aliphatic rings. The third-order valence-electron chi connectivity index (χ3n) is 2.32. The number of hydrogen-bond donors (Lipinski definition) is 2.